The second-order valence-electron chi connectivity index (χ2n) is 23.8. The van der Waals surface area contributed by atoms with Crippen LogP contribution in [0.2, 0.25) is 0 Å². The average Bonchev–Trinajstić information content (AvgIpc) is 3.10. The van der Waals surface area contributed by atoms with Gasteiger partial charge in [-0.2, -0.15) is 0 Å². The Kier molecular flexibility index (Phi) is 22.9. The van der Waals surface area contributed by atoms with Crippen LogP contribution in [0.5, 0.6) is 0 Å². The van der Waals surface area contributed by atoms with Gasteiger partial charge in [-0.25, -0.2) is 0 Å². The van der Waals surface area contributed by atoms with Crippen molar-refractivity contribution in [3.8, 4) is 0 Å². The van der Waals surface area contributed by atoms with Crippen molar-refractivity contribution >= 4 is 46.8 Å². The van der Waals surface area contributed by atoms with Gasteiger partial charge in [0.25, 0.3) is 10.9 Å². The summed E-state index contributed by atoms with van der Waals surface area (Å²) >= 11 is 0. The predicted octanol–water partition coefficient (Wildman–Crippen LogP) is 2.99. The topological polar surface area (TPSA) is 276 Å². The van der Waals surface area contributed by atoms with Crippen LogP contribution in [0.1, 0.15) is 132 Å². The molecule has 10 atom stereocenters. The molecule has 6 amide bonds. The fourth-order valence-electron chi connectivity index (χ4n) is 13.3. The van der Waals surface area contributed by atoms with Crippen LogP contribution in [0, 0.1) is 5.92 Å². The van der Waals surface area contributed by atoms with E-state index in [1.165, 1.54) is 0 Å². The normalized spacial score (nSPS) is 23.4. The van der Waals surface area contributed by atoms with Gasteiger partial charge in [0.05, 0.1) is 76.0 Å². The first kappa shape index (κ1) is 63.9. The van der Waals surface area contributed by atoms with E-state index in [4.69, 9.17) is 18.9 Å². The van der Waals surface area contributed by atoms with Crippen molar-refractivity contribution in [2.24, 2.45) is 5.92 Å². The van der Waals surface area contributed by atoms with E-state index in [0.717, 1.165) is 79.2 Å². The maximum Gasteiger partial charge on any atom is 0.253 e. The van der Waals surface area contributed by atoms with Gasteiger partial charge in [0.15, 0.2) is 0 Å². The van der Waals surface area contributed by atoms with Gasteiger partial charge in [-0.3, -0.25) is 38.4 Å². The van der Waals surface area contributed by atoms with E-state index in [1.54, 1.807) is 37.7 Å². The van der Waals surface area contributed by atoms with Crippen LogP contribution < -0.4 is 53.4 Å². The van der Waals surface area contributed by atoms with Gasteiger partial charge in [-0.05, 0) is 126 Å². The lowest BCUT2D eigenvalue weighted by molar-refractivity contribution is -0.143. The second-order valence-corrected chi connectivity index (χ2v) is 23.8. The van der Waals surface area contributed by atoms with E-state index >= 15 is 0 Å². The molecule has 0 spiro atoms. The average molecular weight is 1190 g/mol. The molecule has 9 rings (SSSR count). The Morgan fingerprint density at radius 1 is 0.570 bits per heavy atom. The summed E-state index contributed by atoms with van der Waals surface area (Å²) in [6.07, 6.45) is 13.2. The summed E-state index contributed by atoms with van der Waals surface area (Å²) in [7, 11) is 3.41. The maximum absolute atomic E-state index is 14.3. The highest BCUT2D eigenvalue weighted by atomic mass is 16.5. The number of amides is 6. The first-order valence-corrected chi connectivity index (χ1v) is 31.5. The van der Waals surface area contributed by atoms with Crippen LogP contribution in [-0.4, -0.2) is 174 Å². The molecule has 1 saturated carbocycles. The number of allylic oxidation sites excluding steroid dienone is 1. The third-order valence-electron chi connectivity index (χ3n) is 18.3. The fraction of sp³-hybridized carbons (Fsp3) is 0.625. The number of hydrogen-bond donors (Lipinski definition) is 8. The van der Waals surface area contributed by atoms with E-state index in [1.807, 2.05) is 48.5 Å². The molecule has 0 bridgehead atoms. The van der Waals surface area contributed by atoms with Crippen LogP contribution in [0.3, 0.4) is 0 Å². The zero-order valence-electron chi connectivity index (χ0n) is 50.5. The summed E-state index contributed by atoms with van der Waals surface area (Å²) in [4.78, 5) is 112. The Labute approximate surface area is 504 Å². The Hall–Kier alpha value is -6.56. The van der Waals surface area contributed by atoms with Crippen molar-refractivity contribution in [2.45, 2.75) is 171 Å². The molecule has 86 heavy (non-hydrogen) atoms. The molecule has 468 valence electrons. The number of nitrogens with one attached hydrogen (secondary N) is 8. The van der Waals surface area contributed by atoms with Crippen molar-refractivity contribution in [1.82, 2.24) is 41.7 Å². The van der Waals surface area contributed by atoms with E-state index in [2.05, 4.69) is 48.6 Å². The molecule has 4 aliphatic carbocycles. The van der Waals surface area contributed by atoms with Crippen molar-refractivity contribution in [3.63, 3.8) is 0 Å². The summed E-state index contributed by atoms with van der Waals surface area (Å²) in [5.74, 6) is -1.46. The van der Waals surface area contributed by atoms with Gasteiger partial charge in [0.1, 0.15) is 35.5 Å². The van der Waals surface area contributed by atoms with Crippen molar-refractivity contribution < 1.29 is 47.7 Å². The number of carbonyl (C=O) groups is 6. The number of rotatable bonds is 30. The molecule has 3 aromatic rings. The minimum Gasteiger partial charge on any atom is -0.378 e. The highest BCUT2D eigenvalue weighted by Gasteiger charge is 2.45. The number of ether oxygens (including phenoxy) is 4. The SMILES string of the molecule is CN[C@@H](C)C(=O)N[C@H](C(=O)N1CCC[C@H]1C(=O)N[C@H]1c2ccccc2C[C@H]1OCCOCCNc1c(NCCOCCO[C@@H]2Cc3ccccc3[C@@H]2NC(=O)[C@@H]2CCCN2C(=O)[C@@H](NC(=O)[C@H](C)NC)C2CCCCC2)c(=O)c1=O)C1=CCCCC1. The number of nitrogens with zero attached hydrogens (tertiary/aromatic N) is 2. The van der Waals surface area contributed by atoms with E-state index in [0.29, 0.717) is 58.0 Å². The lowest BCUT2D eigenvalue weighted by Crippen LogP contribution is -2.58. The molecular weight excluding hydrogens is 1100 g/mol. The van der Waals surface area contributed by atoms with Crippen LogP contribution in [0.25, 0.3) is 0 Å². The van der Waals surface area contributed by atoms with Gasteiger partial charge in [0.2, 0.25) is 35.4 Å². The number of likely N-dealkylation sites (N-methyl/N-ethyl adjacent to an activating group) is 2. The molecule has 3 fully saturated rings. The fourth-order valence-corrected chi connectivity index (χ4v) is 13.3. The van der Waals surface area contributed by atoms with Crippen LogP contribution >= 0.6 is 0 Å². The Morgan fingerprint density at radius 2 is 1.07 bits per heavy atom. The number of benzene rings is 2. The summed E-state index contributed by atoms with van der Waals surface area (Å²) in [6.45, 7) is 6.28. The second kappa shape index (κ2) is 30.9. The van der Waals surface area contributed by atoms with Gasteiger partial charge in [-0.1, -0.05) is 73.9 Å². The Morgan fingerprint density at radius 3 is 1.57 bits per heavy atom. The zero-order valence-corrected chi connectivity index (χ0v) is 50.5. The highest BCUT2D eigenvalue weighted by Crippen LogP contribution is 2.37. The van der Waals surface area contributed by atoms with Crippen LogP contribution in [-0.2, 0) is 60.6 Å². The molecule has 6 aliphatic rings. The molecule has 2 heterocycles. The first-order valence-electron chi connectivity index (χ1n) is 31.5. The highest BCUT2D eigenvalue weighted by molar-refractivity contribution is 5.96. The zero-order chi connectivity index (χ0) is 60.7. The van der Waals surface area contributed by atoms with E-state index in [-0.39, 0.29) is 118 Å². The smallest absolute Gasteiger partial charge is 0.253 e. The third kappa shape index (κ3) is 15.4. The maximum atomic E-state index is 14.3. The van der Waals surface area contributed by atoms with Crippen molar-refractivity contribution in [1.29, 1.82) is 0 Å². The van der Waals surface area contributed by atoms with Gasteiger partial charge < -0.3 is 71.3 Å². The molecule has 3 aromatic carbocycles. The standard InChI is InChI=1S/C64H90N10O12/c1-39(65-3)59(77)69-51(41-17-7-5-8-18-41)63(81)73-29-15-25-47(73)61(79)71-53-45-23-13-11-21-43(45)37-49(53)85-35-33-83-31-27-67-55-56(58(76)57(55)75)68-28-32-84-34-36-86-50-38-44-22-12-14-24-46(44)54(50)72-62(80)48-26-16-30-74(48)64(82)52(42-19-9-6-10-20-42)70-60(78)40(2)66-4/h11-14,17,21-24,39-40,42,47-54,65-68H,5-10,15-16,18-20,25-38H2,1-4H3,(H,69,77)(H,70,78)(H,71,79)(H,72,80)/t39-,40-,47-,48-,49+,50+,51-,52-,53-,54-/m0/s1. The Bertz CT molecular complexity index is 2940. The van der Waals surface area contributed by atoms with Crippen LogP contribution in [0.15, 0.2) is 69.8 Å². The number of likely N-dealkylation sites (tertiary alicyclic amines) is 2. The lowest BCUT2D eigenvalue weighted by atomic mass is 9.83. The minimum atomic E-state index is -0.830. The number of hydrogen-bond acceptors (Lipinski definition) is 16. The molecule has 8 N–H and O–H groups in total. The largest absolute Gasteiger partial charge is 0.378 e. The summed E-state index contributed by atoms with van der Waals surface area (Å²) in [6, 6.07) is 11.1. The predicted molar refractivity (Wildman–Crippen MR) is 325 cm³/mol. The number of fused-ring (bicyclic) bond motifs is 2. The molecule has 0 aromatic heterocycles. The molecule has 0 unspecified atom stereocenters. The number of anilines is 2. The molecule has 0 radical (unpaired) electrons. The monoisotopic (exact) mass is 1190 g/mol. The molecule has 2 saturated heterocycles. The van der Waals surface area contributed by atoms with Crippen molar-refractivity contribution in [2.75, 3.05) is 90.5 Å². The van der Waals surface area contributed by atoms with Gasteiger partial charge in [0, 0.05) is 39.0 Å². The van der Waals surface area contributed by atoms with Gasteiger partial charge >= 0.3 is 0 Å². The van der Waals surface area contributed by atoms with Crippen molar-refractivity contribution in [3.05, 3.63) is 103 Å². The summed E-state index contributed by atoms with van der Waals surface area (Å²) < 4.78 is 24.5. The summed E-state index contributed by atoms with van der Waals surface area (Å²) in [5, 5.41) is 24.5. The minimum absolute atomic E-state index is 0.0144. The Balaban J connectivity index is 0.686. The molecular formula is C64H90N10O12. The van der Waals surface area contributed by atoms with Gasteiger partial charge in [-0.15, -0.1) is 0 Å². The summed E-state index contributed by atoms with van der Waals surface area (Å²) in [5.41, 5.74) is 4.09. The lowest BCUT2D eigenvalue weighted by Gasteiger charge is -2.35. The third-order valence-corrected chi connectivity index (χ3v) is 18.3. The quantitative estimate of drug-likeness (QED) is 0.0271. The van der Waals surface area contributed by atoms with E-state index < -0.39 is 59.2 Å². The van der Waals surface area contributed by atoms with Crippen LogP contribution in [0.4, 0.5) is 11.4 Å². The molecule has 2 aliphatic heterocycles. The number of carbonyl (C=O) groups excluding carboxylic acids is 6. The van der Waals surface area contributed by atoms with E-state index in [9.17, 15) is 38.4 Å². The molecule has 22 nitrogen and oxygen atoms in total. The first-order chi connectivity index (χ1) is 41.8. The molecule has 22 heteroatoms.